The fourth-order valence-corrected chi connectivity index (χ4v) is 1.46. The van der Waals surface area contributed by atoms with Crippen molar-refractivity contribution < 1.29 is 14.3 Å². The van der Waals surface area contributed by atoms with E-state index in [-0.39, 0.29) is 5.78 Å². The summed E-state index contributed by atoms with van der Waals surface area (Å²) < 4.78 is 10.9. The van der Waals surface area contributed by atoms with Crippen LogP contribution in [0.2, 0.25) is 0 Å². The summed E-state index contributed by atoms with van der Waals surface area (Å²) in [6.07, 6.45) is 1.98. The molecule has 0 radical (unpaired) electrons. The predicted octanol–water partition coefficient (Wildman–Crippen LogP) is 3.22. The first-order valence-corrected chi connectivity index (χ1v) is 6.13. The molecule has 0 saturated carbocycles. The summed E-state index contributed by atoms with van der Waals surface area (Å²) in [6, 6.07) is 7.56. The molecule has 0 atom stereocenters. The van der Waals surface area contributed by atoms with Gasteiger partial charge in [-0.3, -0.25) is 4.79 Å². The quantitative estimate of drug-likeness (QED) is 0.650. The summed E-state index contributed by atoms with van der Waals surface area (Å²) in [5.41, 5.74) is 0. The van der Waals surface area contributed by atoms with Crippen molar-refractivity contribution in [3.05, 3.63) is 24.3 Å². The Labute approximate surface area is 103 Å². The minimum Gasteiger partial charge on any atom is -0.494 e. The molecule has 17 heavy (non-hydrogen) atoms. The van der Waals surface area contributed by atoms with Gasteiger partial charge in [0.25, 0.3) is 0 Å². The second kappa shape index (κ2) is 7.71. The first-order valence-electron chi connectivity index (χ1n) is 6.13. The summed E-state index contributed by atoms with van der Waals surface area (Å²) >= 11 is 0. The van der Waals surface area contributed by atoms with E-state index in [1.807, 2.05) is 38.1 Å². The Morgan fingerprint density at radius 2 is 1.88 bits per heavy atom. The summed E-state index contributed by atoms with van der Waals surface area (Å²) in [4.78, 5) is 11.1. The van der Waals surface area contributed by atoms with E-state index in [1.54, 1.807) is 0 Å². The average Bonchev–Trinajstić information content (AvgIpc) is 2.35. The van der Waals surface area contributed by atoms with Gasteiger partial charge < -0.3 is 9.47 Å². The van der Waals surface area contributed by atoms with Crippen molar-refractivity contribution in [3.8, 4) is 11.5 Å². The van der Waals surface area contributed by atoms with Gasteiger partial charge in [0.1, 0.15) is 17.3 Å². The van der Waals surface area contributed by atoms with Crippen LogP contribution < -0.4 is 9.47 Å². The zero-order valence-corrected chi connectivity index (χ0v) is 10.6. The van der Waals surface area contributed by atoms with Gasteiger partial charge in [0, 0.05) is 18.9 Å². The van der Waals surface area contributed by atoms with E-state index in [0.717, 1.165) is 17.9 Å². The third-order valence-corrected chi connectivity index (χ3v) is 2.38. The lowest BCUT2D eigenvalue weighted by Gasteiger charge is -2.08. The van der Waals surface area contributed by atoms with Crippen LogP contribution in [0.1, 0.15) is 33.1 Å². The molecule has 1 rings (SSSR count). The maximum absolute atomic E-state index is 11.1. The normalized spacial score (nSPS) is 10.0. The molecular formula is C14H20O3. The Balaban J connectivity index is 2.31. The predicted molar refractivity (Wildman–Crippen MR) is 67.6 cm³/mol. The van der Waals surface area contributed by atoms with Gasteiger partial charge in [-0.25, -0.2) is 0 Å². The number of benzene rings is 1. The van der Waals surface area contributed by atoms with Gasteiger partial charge in [0.2, 0.25) is 0 Å². The Morgan fingerprint density at radius 3 is 2.53 bits per heavy atom. The van der Waals surface area contributed by atoms with Crippen LogP contribution in [0.25, 0.3) is 0 Å². The molecule has 0 N–H and O–H groups in total. The number of hydrogen-bond acceptors (Lipinski definition) is 3. The molecule has 0 amide bonds. The van der Waals surface area contributed by atoms with Crippen molar-refractivity contribution in [1.29, 1.82) is 0 Å². The van der Waals surface area contributed by atoms with Crippen LogP contribution in [0.4, 0.5) is 0 Å². The number of carbonyl (C=O) groups is 1. The van der Waals surface area contributed by atoms with Gasteiger partial charge in [-0.1, -0.05) is 13.0 Å². The van der Waals surface area contributed by atoms with Gasteiger partial charge in [0.05, 0.1) is 13.2 Å². The fourth-order valence-electron chi connectivity index (χ4n) is 1.46. The number of Topliss-reactive ketones (excluding diaryl/α,β-unsaturated/α-hetero) is 1. The lowest BCUT2D eigenvalue weighted by atomic mass is 10.2. The minimum atomic E-state index is 0.289. The first kappa shape index (κ1) is 13.6. The Hall–Kier alpha value is -1.51. The molecule has 0 fully saturated rings. The lowest BCUT2D eigenvalue weighted by Crippen LogP contribution is -2.02. The monoisotopic (exact) mass is 236 g/mol. The summed E-state index contributed by atoms with van der Waals surface area (Å²) in [5.74, 6) is 1.89. The van der Waals surface area contributed by atoms with E-state index in [1.165, 1.54) is 0 Å². The highest BCUT2D eigenvalue weighted by Crippen LogP contribution is 2.19. The average molecular weight is 236 g/mol. The molecule has 0 aliphatic rings. The molecular weight excluding hydrogens is 216 g/mol. The topological polar surface area (TPSA) is 35.5 Å². The Bertz CT molecular complexity index is 347. The third kappa shape index (κ3) is 5.38. The first-order chi connectivity index (χ1) is 8.26. The van der Waals surface area contributed by atoms with Gasteiger partial charge in [-0.2, -0.15) is 0 Å². The fraction of sp³-hybridized carbons (Fsp3) is 0.500. The van der Waals surface area contributed by atoms with E-state index < -0.39 is 0 Å². The Morgan fingerprint density at radius 1 is 1.18 bits per heavy atom. The molecule has 0 bridgehead atoms. The van der Waals surface area contributed by atoms with Crippen LogP contribution in [0.15, 0.2) is 24.3 Å². The largest absolute Gasteiger partial charge is 0.494 e. The highest BCUT2D eigenvalue weighted by molar-refractivity contribution is 5.77. The smallest absolute Gasteiger partial charge is 0.132 e. The number of carbonyl (C=O) groups excluding carboxylic acids is 1. The van der Waals surface area contributed by atoms with Crippen molar-refractivity contribution in [2.45, 2.75) is 33.1 Å². The van der Waals surface area contributed by atoms with Crippen LogP contribution in [0.5, 0.6) is 11.5 Å². The minimum absolute atomic E-state index is 0.289. The SMILES string of the molecule is CCOc1cccc(OCCCC(=O)CC)c1. The Kier molecular flexibility index (Phi) is 6.15. The molecule has 1 aromatic carbocycles. The number of ether oxygens (including phenoxy) is 2. The van der Waals surface area contributed by atoms with Crippen molar-refractivity contribution in [2.24, 2.45) is 0 Å². The number of ketones is 1. The third-order valence-electron chi connectivity index (χ3n) is 2.38. The van der Waals surface area contributed by atoms with E-state index in [4.69, 9.17) is 9.47 Å². The van der Waals surface area contributed by atoms with Gasteiger partial charge in [-0.05, 0) is 25.5 Å². The van der Waals surface area contributed by atoms with Crippen LogP contribution in [-0.2, 0) is 4.79 Å². The van der Waals surface area contributed by atoms with Crippen LogP contribution >= 0.6 is 0 Å². The van der Waals surface area contributed by atoms with Gasteiger partial charge in [0.15, 0.2) is 0 Å². The zero-order valence-electron chi connectivity index (χ0n) is 10.6. The van der Waals surface area contributed by atoms with Crippen molar-refractivity contribution in [1.82, 2.24) is 0 Å². The number of rotatable bonds is 8. The van der Waals surface area contributed by atoms with Crippen molar-refractivity contribution >= 4 is 5.78 Å². The van der Waals surface area contributed by atoms with Crippen LogP contribution in [0, 0.1) is 0 Å². The van der Waals surface area contributed by atoms with Gasteiger partial charge >= 0.3 is 0 Å². The molecule has 0 heterocycles. The van der Waals surface area contributed by atoms with Crippen molar-refractivity contribution in [2.75, 3.05) is 13.2 Å². The molecule has 94 valence electrons. The maximum Gasteiger partial charge on any atom is 0.132 e. The molecule has 1 aromatic rings. The van der Waals surface area contributed by atoms with Gasteiger partial charge in [-0.15, -0.1) is 0 Å². The summed E-state index contributed by atoms with van der Waals surface area (Å²) in [7, 11) is 0. The molecule has 3 nitrogen and oxygen atoms in total. The van der Waals surface area contributed by atoms with E-state index in [9.17, 15) is 4.79 Å². The molecule has 0 aliphatic carbocycles. The molecule has 3 heteroatoms. The van der Waals surface area contributed by atoms with E-state index in [0.29, 0.717) is 26.1 Å². The highest BCUT2D eigenvalue weighted by Gasteiger charge is 2.00. The molecule has 0 unspecified atom stereocenters. The zero-order chi connectivity index (χ0) is 12.5. The summed E-state index contributed by atoms with van der Waals surface area (Å²) in [6.45, 7) is 5.05. The van der Waals surface area contributed by atoms with E-state index >= 15 is 0 Å². The van der Waals surface area contributed by atoms with Crippen LogP contribution in [-0.4, -0.2) is 19.0 Å². The van der Waals surface area contributed by atoms with E-state index in [2.05, 4.69) is 0 Å². The highest BCUT2D eigenvalue weighted by atomic mass is 16.5. The van der Waals surface area contributed by atoms with Crippen molar-refractivity contribution in [3.63, 3.8) is 0 Å². The maximum atomic E-state index is 11.1. The standard InChI is InChI=1S/C14H20O3/c1-3-12(15)7-6-10-17-14-9-5-8-13(11-14)16-4-2/h5,8-9,11H,3-4,6-7,10H2,1-2H3. The molecule has 0 aliphatic heterocycles. The lowest BCUT2D eigenvalue weighted by molar-refractivity contribution is -0.118. The van der Waals surface area contributed by atoms with Crippen LogP contribution in [0.3, 0.4) is 0 Å². The second-order valence-electron chi connectivity index (χ2n) is 3.75. The second-order valence-corrected chi connectivity index (χ2v) is 3.75. The molecule has 0 saturated heterocycles. The molecule has 0 spiro atoms. The summed E-state index contributed by atoms with van der Waals surface area (Å²) in [5, 5.41) is 0. The number of hydrogen-bond donors (Lipinski definition) is 0. The molecule has 0 aromatic heterocycles.